The zero-order valence-electron chi connectivity index (χ0n) is 12.1. The summed E-state index contributed by atoms with van der Waals surface area (Å²) >= 11 is 1.38. The molecule has 0 bridgehead atoms. The summed E-state index contributed by atoms with van der Waals surface area (Å²) in [6.45, 7) is 4.41. The molecule has 3 aliphatic rings. The molecule has 114 valence electrons. The molecule has 0 spiro atoms. The lowest BCUT2D eigenvalue weighted by Gasteiger charge is -2.25. The van der Waals surface area contributed by atoms with Crippen LogP contribution in [0.1, 0.15) is 53.4 Å². The van der Waals surface area contributed by atoms with E-state index in [-0.39, 0.29) is 0 Å². The van der Waals surface area contributed by atoms with Crippen LogP contribution in [0.15, 0.2) is 0 Å². The van der Waals surface area contributed by atoms with Crippen molar-refractivity contribution in [1.29, 1.82) is 0 Å². The first-order valence-electron chi connectivity index (χ1n) is 7.95. The number of hydrogen-bond donors (Lipinski definition) is 1. The molecule has 4 rings (SSSR count). The van der Waals surface area contributed by atoms with Gasteiger partial charge in [-0.05, 0) is 38.6 Å². The summed E-state index contributed by atoms with van der Waals surface area (Å²) in [6, 6.07) is 0.633. The molecule has 1 atom stereocenters. The lowest BCUT2D eigenvalue weighted by Crippen LogP contribution is -2.36. The van der Waals surface area contributed by atoms with Gasteiger partial charge in [0.1, 0.15) is 4.88 Å². The number of carbonyl (C=O) groups is 1. The summed E-state index contributed by atoms with van der Waals surface area (Å²) in [5.41, 5.74) is 0.843. The number of anilines is 1. The molecule has 1 unspecified atom stereocenters. The Bertz CT molecular complexity index is 555. The topological polar surface area (TPSA) is 56.7 Å². The Morgan fingerprint density at radius 3 is 2.76 bits per heavy atom. The van der Waals surface area contributed by atoms with Crippen LogP contribution in [0.2, 0.25) is 0 Å². The van der Waals surface area contributed by atoms with E-state index in [9.17, 15) is 9.90 Å². The predicted octanol–water partition coefficient (Wildman–Crippen LogP) is 2.39. The maximum Gasteiger partial charge on any atom is 0.347 e. The summed E-state index contributed by atoms with van der Waals surface area (Å²) in [5, 5.41) is 10.3. The van der Waals surface area contributed by atoms with Gasteiger partial charge in [0.05, 0.1) is 5.69 Å². The van der Waals surface area contributed by atoms with Gasteiger partial charge < -0.3 is 10.0 Å². The van der Waals surface area contributed by atoms with Crippen LogP contribution in [0, 0.1) is 0 Å². The average Bonchev–Trinajstić information content (AvgIpc) is 3.12. The van der Waals surface area contributed by atoms with Crippen LogP contribution >= 0.6 is 11.3 Å². The monoisotopic (exact) mass is 307 g/mol. The van der Waals surface area contributed by atoms with Crippen molar-refractivity contribution in [3.63, 3.8) is 0 Å². The second-order valence-electron chi connectivity index (χ2n) is 6.42. The van der Waals surface area contributed by atoms with E-state index in [1.165, 1.54) is 37.3 Å². The number of thiazole rings is 1. The molecule has 0 radical (unpaired) electrons. The molecule has 3 heterocycles. The number of hydrogen-bond acceptors (Lipinski definition) is 5. The number of carboxylic acid groups (broad SMARTS) is 1. The van der Waals surface area contributed by atoms with Crippen LogP contribution in [0.25, 0.3) is 0 Å². The molecular formula is C15H21N3O2S. The standard InChI is InChI=1S/C15H21N3O2S/c19-14(20)13-12(10-4-5-10)16-15(21-13)18-8-2-7-17-6-1-3-11(17)9-18/h10-11H,1-9H2,(H,19,20). The first-order chi connectivity index (χ1) is 10.2. The molecule has 5 nitrogen and oxygen atoms in total. The van der Waals surface area contributed by atoms with Crippen molar-refractivity contribution in [1.82, 2.24) is 9.88 Å². The average molecular weight is 307 g/mol. The van der Waals surface area contributed by atoms with Crippen molar-refractivity contribution < 1.29 is 9.90 Å². The Morgan fingerprint density at radius 2 is 2.00 bits per heavy atom. The van der Waals surface area contributed by atoms with Crippen molar-refractivity contribution >= 4 is 22.4 Å². The zero-order chi connectivity index (χ0) is 14.4. The maximum atomic E-state index is 11.4. The normalized spacial score (nSPS) is 26.7. The summed E-state index contributed by atoms with van der Waals surface area (Å²) in [5.74, 6) is -0.408. The fourth-order valence-electron chi connectivity index (χ4n) is 3.62. The van der Waals surface area contributed by atoms with E-state index >= 15 is 0 Å². The van der Waals surface area contributed by atoms with Crippen molar-refractivity contribution in [3.8, 4) is 0 Å². The minimum absolute atomic E-state index is 0.399. The van der Waals surface area contributed by atoms with E-state index in [4.69, 9.17) is 4.98 Å². The molecule has 1 aromatic rings. The molecule has 1 aliphatic carbocycles. The smallest absolute Gasteiger partial charge is 0.347 e. The van der Waals surface area contributed by atoms with Crippen molar-refractivity contribution in [2.24, 2.45) is 0 Å². The Labute approximate surface area is 128 Å². The lowest BCUT2D eigenvalue weighted by molar-refractivity contribution is 0.0700. The van der Waals surface area contributed by atoms with E-state index in [0.717, 1.165) is 43.2 Å². The maximum absolute atomic E-state index is 11.4. The second-order valence-corrected chi connectivity index (χ2v) is 7.40. The van der Waals surface area contributed by atoms with Crippen LogP contribution in [0.3, 0.4) is 0 Å². The highest BCUT2D eigenvalue weighted by Crippen LogP contribution is 2.44. The number of rotatable bonds is 3. The molecule has 1 saturated carbocycles. The molecular weight excluding hydrogens is 286 g/mol. The van der Waals surface area contributed by atoms with Gasteiger partial charge in [-0.2, -0.15) is 0 Å². The summed E-state index contributed by atoms with van der Waals surface area (Å²) in [6.07, 6.45) is 5.91. The minimum Gasteiger partial charge on any atom is -0.477 e. The molecule has 1 aromatic heterocycles. The zero-order valence-corrected chi connectivity index (χ0v) is 12.9. The summed E-state index contributed by atoms with van der Waals surface area (Å²) in [4.78, 5) is 21.6. The Hall–Kier alpha value is -1.14. The molecule has 6 heteroatoms. The first-order valence-corrected chi connectivity index (χ1v) is 8.77. The third-order valence-electron chi connectivity index (χ3n) is 4.87. The Morgan fingerprint density at radius 1 is 1.19 bits per heavy atom. The first kappa shape index (κ1) is 13.5. The number of fused-ring (bicyclic) bond motifs is 1. The van der Waals surface area contributed by atoms with Gasteiger partial charge in [0, 0.05) is 31.6 Å². The molecule has 1 N–H and O–H groups in total. The number of aromatic carboxylic acids is 1. The van der Waals surface area contributed by atoms with E-state index in [1.807, 2.05) is 0 Å². The fourth-order valence-corrected chi connectivity index (χ4v) is 4.65. The molecule has 2 saturated heterocycles. The van der Waals surface area contributed by atoms with Crippen LogP contribution in [0.5, 0.6) is 0 Å². The van der Waals surface area contributed by atoms with Gasteiger partial charge in [0.15, 0.2) is 5.13 Å². The van der Waals surface area contributed by atoms with Gasteiger partial charge in [0.2, 0.25) is 0 Å². The molecule has 0 aromatic carbocycles. The highest BCUT2D eigenvalue weighted by molar-refractivity contribution is 7.17. The van der Waals surface area contributed by atoms with E-state index in [1.54, 1.807) is 0 Å². The van der Waals surface area contributed by atoms with Gasteiger partial charge in [-0.3, -0.25) is 4.90 Å². The van der Waals surface area contributed by atoms with Crippen LogP contribution in [-0.4, -0.2) is 53.2 Å². The van der Waals surface area contributed by atoms with Gasteiger partial charge in [-0.25, -0.2) is 9.78 Å². The largest absolute Gasteiger partial charge is 0.477 e. The predicted molar refractivity (Wildman–Crippen MR) is 82.5 cm³/mol. The lowest BCUT2D eigenvalue weighted by atomic mass is 10.2. The molecule has 3 fully saturated rings. The van der Waals surface area contributed by atoms with Crippen LogP contribution < -0.4 is 4.90 Å². The van der Waals surface area contributed by atoms with Crippen molar-refractivity contribution in [2.45, 2.75) is 44.1 Å². The Balaban J connectivity index is 1.60. The molecule has 0 amide bonds. The van der Waals surface area contributed by atoms with Crippen LogP contribution in [0.4, 0.5) is 5.13 Å². The van der Waals surface area contributed by atoms with E-state index in [2.05, 4.69) is 9.80 Å². The van der Waals surface area contributed by atoms with Crippen molar-refractivity contribution in [3.05, 3.63) is 10.6 Å². The van der Waals surface area contributed by atoms with Crippen LogP contribution in [-0.2, 0) is 0 Å². The quantitative estimate of drug-likeness (QED) is 0.929. The van der Waals surface area contributed by atoms with E-state index < -0.39 is 5.97 Å². The summed E-state index contributed by atoms with van der Waals surface area (Å²) < 4.78 is 0. The van der Waals surface area contributed by atoms with Gasteiger partial charge >= 0.3 is 5.97 Å². The third kappa shape index (κ3) is 2.55. The van der Waals surface area contributed by atoms with Gasteiger partial charge in [-0.15, -0.1) is 0 Å². The number of carboxylic acids is 1. The molecule has 2 aliphatic heterocycles. The second kappa shape index (κ2) is 5.25. The van der Waals surface area contributed by atoms with Gasteiger partial charge in [-0.1, -0.05) is 11.3 Å². The SMILES string of the molecule is O=C(O)c1sc(N2CCCN3CCCC3C2)nc1C1CC1. The Kier molecular flexibility index (Phi) is 3.38. The minimum atomic E-state index is -0.807. The molecule has 21 heavy (non-hydrogen) atoms. The summed E-state index contributed by atoms with van der Waals surface area (Å²) in [7, 11) is 0. The number of nitrogens with zero attached hydrogens (tertiary/aromatic N) is 3. The fraction of sp³-hybridized carbons (Fsp3) is 0.733. The highest BCUT2D eigenvalue weighted by atomic mass is 32.1. The highest BCUT2D eigenvalue weighted by Gasteiger charge is 2.34. The van der Waals surface area contributed by atoms with Crippen molar-refractivity contribution in [2.75, 3.05) is 31.1 Å². The van der Waals surface area contributed by atoms with Gasteiger partial charge in [0.25, 0.3) is 0 Å². The third-order valence-corrected chi connectivity index (χ3v) is 5.99. The van der Waals surface area contributed by atoms with E-state index in [0.29, 0.717) is 16.8 Å². The number of aromatic nitrogens is 1.